The molecule has 1 aromatic heterocycles. The molecule has 1 N–H and O–H groups in total. The number of rotatable bonds is 8. The topological polar surface area (TPSA) is 64.4 Å². The number of ether oxygens (including phenoxy) is 1. The Morgan fingerprint density at radius 3 is 2.68 bits per heavy atom. The van der Waals surface area contributed by atoms with E-state index < -0.39 is 11.6 Å². The molecule has 25 heavy (non-hydrogen) atoms. The van der Waals surface area contributed by atoms with Crippen molar-refractivity contribution in [2.75, 3.05) is 0 Å². The first-order chi connectivity index (χ1) is 11.8. The third-order valence-corrected chi connectivity index (χ3v) is 3.61. The fraction of sp³-hybridized carbons (Fsp3) is 0.444. The quantitative estimate of drug-likeness (QED) is 0.777. The Morgan fingerprint density at radius 2 is 2.00 bits per heavy atom. The van der Waals surface area contributed by atoms with E-state index in [1.807, 2.05) is 6.92 Å². The first-order valence-corrected chi connectivity index (χ1v) is 8.19. The third kappa shape index (κ3) is 5.85. The van der Waals surface area contributed by atoms with Crippen molar-refractivity contribution in [2.45, 2.75) is 46.3 Å². The van der Waals surface area contributed by atoms with E-state index in [9.17, 15) is 13.6 Å². The van der Waals surface area contributed by atoms with Crippen molar-refractivity contribution in [1.29, 1.82) is 0 Å². The van der Waals surface area contributed by atoms with Crippen LogP contribution in [-0.4, -0.2) is 17.1 Å². The highest BCUT2D eigenvalue weighted by atomic mass is 19.1. The molecule has 0 saturated heterocycles. The van der Waals surface area contributed by atoms with Crippen LogP contribution in [0.2, 0.25) is 0 Å². The lowest BCUT2D eigenvalue weighted by atomic mass is 10.0. The Balaban J connectivity index is 1.87. The molecule has 2 rings (SSSR count). The highest BCUT2D eigenvalue weighted by Crippen LogP contribution is 2.19. The maximum Gasteiger partial charge on any atom is 0.273 e. The first kappa shape index (κ1) is 18.9. The van der Waals surface area contributed by atoms with Gasteiger partial charge in [-0.2, -0.15) is 0 Å². The van der Waals surface area contributed by atoms with Crippen LogP contribution < -0.4 is 10.1 Å². The van der Waals surface area contributed by atoms with Crippen LogP contribution in [-0.2, 0) is 6.61 Å². The second kappa shape index (κ2) is 8.60. The summed E-state index contributed by atoms with van der Waals surface area (Å²) >= 11 is 0. The van der Waals surface area contributed by atoms with Crippen molar-refractivity contribution < 1.29 is 22.8 Å². The van der Waals surface area contributed by atoms with Crippen molar-refractivity contribution in [3.63, 3.8) is 0 Å². The van der Waals surface area contributed by atoms with Crippen LogP contribution >= 0.6 is 0 Å². The van der Waals surface area contributed by atoms with Crippen LogP contribution in [0.1, 0.15) is 49.9 Å². The van der Waals surface area contributed by atoms with Crippen LogP contribution in [0.15, 0.2) is 28.8 Å². The average Bonchev–Trinajstić information content (AvgIpc) is 3.01. The van der Waals surface area contributed by atoms with Crippen molar-refractivity contribution in [3.05, 3.63) is 47.4 Å². The summed E-state index contributed by atoms with van der Waals surface area (Å²) in [4.78, 5) is 12.1. The molecule has 1 amide bonds. The summed E-state index contributed by atoms with van der Waals surface area (Å²) in [5.74, 6) is -1.09. The molecular formula is C18H22F2N2O3. The number of halogens is 2. The molecule has 0 aliphatic rings. The van der Waals surface area contributed by atoms with Crippen molar-refractivity contribution in [1.82, 2.24) is 10.5 Å². The number of benzene rings is 1. The second-order valence-electron chi connectivity index (χ2n) is 6.39. The predicted molar refractivity (Wildman–Crippen MR) is 88.2 cm³/mol. The standard InChI is InChI=1S/C18H22F2N2O3/c1-11(2)4-5-12(3)21-18(23)16-9-14(25-22-16)10-24-17-7-6-13(19)8-15(17)20/h6-9,11-12H,4-5,10H2,1-3H3,(H,21,23)/t12-/m0/s1. The van der Waals surface area contributed by atoms with Gasteiger partial charge in [0, 0.05) is 18.2 Å². The molecule has 0 fully saturated rings. The lowest BCUT2D eigenvalue weighted by Gasteiger charge is -2.13. The van der Waals surface area contributed by atoms with E-state index >= 15 is 0 Å². The van der Waals surface area contributed by atoms with Gasteiger partial charge in [0.2, 0.25) is 0 Å². The van der Waals surface area contributed by atoms with Gasteiger partial charge in [-0.1, -0.05) is 19.0 Å². The number of carbonyl (C=O) groups excluding carboxylic acids is 1. The lowest BCUT2D eigenvalue weighted by molar-refractivity contribution is 0.0927. The monoisotopic (exact) mass is 352 g/mol. The Morgan fingerprint density at radius 1 is 1.24 bits per heavy atom. The normalized spacial score (nSPS) is 12.2. The third-order valence-electron chi connectivity index (χ3n) is 3.61. The maximum atomic E-state index is 13.5. The van der Waals surface area contributed by atoms with Crippen molar-refractivity contribution in [2.24, 2.45) is 5.92 Å². The molecule has 0 spiro atoms. The van der Waals surface area contributed by atoms with Gasteiger partial charge in [-0.25, -0.2) is 8.78 Å². The fourth-order valence-corrected chi connectivity index (χ4v) is 2.18. The minimum Gasteiger partial charge on any atom is -0.482 e. The zero-order chi connectivity index (χ0) is 18.4. The number of carbonyl (C=O) groups is 1. The molecule has 7 heteroatoms. The van der Waals surface area contributed by atoms with Gasteiger partial charge in [0.05, 0.1) is 0 Å². The van der Waals surface area contributed by atoms with Crippen molar-refractivity contribution >= 4 is 5.91 Å². The van der Waals surface area contributed by atoms with Gasteiger partial charge < -0.3 is 14.6 Å². The first-order valence-electron chi connectivity index (χ1n) is 8.19. The number of hydrogen-bond donors (Lipinski definition) is 1. The summed E-state index contributed by atoms with van der Waals surface area (Å²) in [6.07, 6.45) is 1.89. The van der Waals surface area contributed by atoms with E-state index in [4.69, 9.17) is 9.26 Å². The van der Waals surface area contributed by atoms with Gasteiger partial charge in [0.1, 0.15) is 12.4 Å². The smallest absolute Gasteiger partial charge is 0.273 e. The Hall–Kier alpha value is -2.44. The molecule has 1 atom stereocenters. The summed E-state index contributed by atoms with van der Waals surface area (Å²) in [5, 5.41) is 6.54. The Bertz CT molecular complexity index is 716. The van der Waals surface area contributed by atoms with Crippen LogP contribution in [0, 0.1) is 17.6 Å². The molecule has 136 valence electrons. The summed E-state index contributed by atoms with van der Waals surface area (Å²) < 4.78 is 36.5. The van der Waals surface area contributed by atoms with E-state index in [2.05, 4.69) is 24.3 Å². The molecule has 1 heterocycles. The van der Waals surface area contributed by atoms with Gasteiger partial charge in [-0.15, -0.1) is 0 Å². The molecule has 1 aromatic carbocycles. The van der Waals surface area contributed by atoms with Gasteiger partial charge in [0.15, 0.2) is 23.0 Å². The van der Waals surface area contributed by atoms with Crippen LogP contribution in [0.25, 0.3) is 0 Å². The van der Waals surface area contributed by atoms with Crippen LogP contribution in [0.4, 0.5) is 8.78 Å². The van der Waals surface area contributed by atoms with E-state index in [0.29, 0.717) is 5.92 Å². The highest BCUT2D eigenvalue weighted by molar-refractivity contribution is 5.92. The zero-order valence-corrected chi connectivity index (χ0v) is 14.5. The van der Waals surface area contributed by atoms with Crippen molar-refractivity contribution in [3.8, 4) is 5.75 Å². The van der Waals surface area contributed by atoms with Crippen LogP contribution in [0.5, 0.6) is 5.75 Å². The minimum absolute atomic E-state index is 0.0274. The molecule has 5 nitrogen and oxygen atoms in total. The van der Waals surface area contributed by atoms with Gasteiger partial charge in [-0.3, -0.25) is 4.79 Å². The lowest BCUT2D eigenvalue weighted by Crippen LogP contribution is -2.32. The number of nitrogens with one attached hydrogen (secondary N) is 1. The van der Waals surface area contributed by atoms with E-state index in [0.717, 1.165) is 25.0 Å². The molecular weight excluding hydrogens is 330 g/mol. The van der Waals surface area contributed by atoms with Gasteiger partial charge in [0.25, 0.3) is 5.91 Å². The second-order valence-corrected chi connectivity index (χ2v) is 6.39. The summed E-state index contributed by atoms with van der Waals surface area (Å²) in [7, 11) is 0. The minimum atomic E-state index is -0.809. The molecule has 2 aromatic rings. The Labute approximate surface area is 145 Å². The largest absolute Gasteiger partial charge is 0.482 e. The van der Waals surface area contributed by atoms with E-state index in [1.54, 1.807) is 0 Å². The predicted octanol–water partition coefficient (Wildman–Crippen LogP) is 4.09. The maximum absolute atomic E-state index is 13.5. The summed E-state index contributed by atoms with van der Waals surface area (Å²) in [5.41, 5.74) is 0.134. The number of nitrogens with zero attached hydrogens (tertiary/aromatic N) is 1. The average molecular weight is 352 g/mol. The molecule has 0 radical (unpaired) electrons. The fourth-order valence-electron chi connectivity index (χ4n) is 2.18. The SMILES string of the molecule is CC(C)CC[C@H](C)NC(=O)c1cc(COc2ccc(F)cc2F)on1. The van der Waals surface area contributed by atoms with Crippen LogP contribution in [0.3, 0.4) is 0 Å². The van der Waals surface area contributed by atoms with E-state index in [-0.39, 0.29) is 35.8 Å². The van der Waals surface area contributed by atoms with Gasteiger partial charge in [-0.05, 0) is 37.8 Å². The zero-order valence-electron chi connectivity index (χ0n) is 14.5. The summed E-state index contributed by atoms with van der Waals surface area (Å²) in [6, 6.07) is 4.47. The van der Waals surface area contributed by atoms with E-state index in [1.165, 1.54) is 12.1 Å². The molecule has 0 bridgehead atoms. The van der Waals surface area contributed by atoms with Gasteiger partial charge >= 0.3 is 0 Å². The molecule has 0 saturated carbocycles. The highest BCUT2D eigenvalue weighted by Gasteiger charge is 2.16. The molecule has 0 aliphatic carbocycles. The summed E-state index contributed by atoms with van der Waals surface area (Å²) in [6.45, 7) is 6.07. The molecule has 0 aliphatic heterocycles. The number of aromatic nitrogens is 1. The number of amides is 1. The molecule has 0 unspecified atom stereocenters. The Kier molecular flexibility index (Phi) is 6.50. The number of hydrogen-bond acceptors (Lipinski definition) is 4.